The summed E-state index contributed by atoms with van der Waals surface area (Å²) in [5.74, 6) is 0.227. The van der Waals surface area contributed by atoms with E-state index in [4.69, 9.17) is 0 Å². The molecular formula is C19H29BrN2O2S. The number of hydrogen-bond donors (Lipinski definition) is 0. The molecule has 3 rings (SSSR count). The third-order valence-electron chi connectivity index (χ3n) is 5.41. The predicted molar refractivity (Wildman–Crippen MR) is 106 cm³/mol. The van der Waals surface area contributed by atoms with Crippen molar-refractivity contribution in [2.24, 2.45) is 0 Å². The number of benzene rings is 1. The molecule has 1 atom stereocenters. The molecule has 25 heavy (non-hydrogen) atoms. The standard InChI is InChI=1S/C19H29BrN2O2S/c20-17-7-9-19(10-8-17)25(23,24)16-18(22-13-5-2-6-14-22)15-21-11-3-1-4-12-21/h7-10,18H,1-6,11-16H2. The first kappa shape index (κ1) is 19.3. The van der Waals surface area contributed by atoms with Crippen LogP contribution in [0.3, 0.4) is 0 Å². The maximum absolute atomic E-state index is 13.0. The van der Waals surface area contributed by atoms with Gasteiger partial charge in [-0.15, -0.1) is 0 Å². The Bertz CT molecular complexity index is 636. The molecule has 0 aromatic heterocycles. The van der Waals surface area contributed by atoms with E-state index in [2.05, 4.69) is 25.7 Å². The third kappa shape index (κ3) is 5.52. The Morgan fingerprint density at radius 1 is 0.880 bits per heavy atom. The highest BCUT2D eigenvalue weighted by molar-refractivity contribution is 9.10. The van der Waals surface area contributed by atoms with Crippen LogP contribution >= 0.6 is 15.9 Å². The number of halogens is 1. The summed E-state index contributed by atoms with van der Waals surface area (Å²) in [5.41, 5.74) is 0. The zero-order valence-corrected chi connectivity index (χ0v) is 17.3. The van der Waals surface area contributed by atoms with E-state index in [9.17, 15) is 8.42 Å². The summed E-state index contributed by atoms with van der Waals surface area (Å²) < 4.78 is 26.9. The Labute approximate surface area is 160 Å². The van der Waals surface area contributed by atoms with Crippen LogP contribution in [0.4, 0.5) is 0 Å². The van der Waals surface area contributed by atoms with Crippen LogP contribution in [-0.2, 0) is 9.84 Å². The van der Waals surface area contributed by atoms with Crippen LogP contribution in [0.1, 0.15) is 38.5 Å². The highest BCUT2D eigenvalue weighted by Crippen LogP contribution is 2.21. The van der Waals surface area contributed by atoms with E-state index in [0.717, 1.165) is 37.2 Å². The molecule has 0 aliphatic carbocycles. The fourth-order valence-corrected chi connectivity index (χ4v) is 5.82. The lowest BCUT2D eigenvalue weighted by molar-refractivity contribution is 0.119. The zero-order chi connectivity index (χ0) is 17.7. The monoisotopic (exact) mass is 428 g/mol. The van der Waals surface area contributed by atoms with Gasteiger partial charge in [0, 0.05) is 17.1 Å². The van der Waals surface area contributed by atoms with Gasteiger partial charge in [0.2, 0.25) is 0 Å². The smallest absolute Gasteiger partial charge is 0.179 e. The molecule has 2 fully saturated rings. The average molecular weight is 429 g/mol. The number of nitrogens with zero attached hydrogens (tertiary/aromatic N) is 2. The van der Waals surface area contributed by atoms with Gasteiger partial charge in [0.05, 0.1) is 10.6 Å². The molecule has 2 aliphatic rings. The minimum Gasteiger partial charge on any atom is -0.302 e. The highest BCUT2D eigenvalue weighted by Gasteiger charge is 2.29. The van der Waals surface area contributed by atoms with Crippen molar-refractivity contribution in [2.75, 3.05) is 38.5 Å². The van der Waals surface area contributed by atoms with E-state index >= 15 is 0 Å². The van der Waals surface area contributed by atoms with Crippen molar-refractivity contribution >= 4 is 25.8 Å². The summed E-state index contributed by atoms with van der Waals surface area (Å²) in [6, 6.07) is 7.16. The second kappa shape index (κ2) is 8.98. The maximum atomic E-state index is 13.0. The molecule has 0 radical (unpaired) electrons. The summed E-state index contributed by atoms with van der Waals surface area (Å²) in [6.07, 6.45) is 7.44. The van der Waals surface area contributed by atoms with Crippen molar-refractivity contribution in [1.82, 2.24) is 9.80 Å². The second-order valence-corrected chi connectivity index (χ2v) is 10.3. The molecule has 4 nitrogen and oxygen atoms in total. The van der Waals surface area contributed by atoms with Gasteiger partial charge < -0.3 is 4.90 Å². The summed E-state index contributed by atoms with van der Waals surface area (Å²) in [7, 11) is -3.27. The Morgan fingerprint density at radius 3 is 2.04 bits per heavy atom. The summed E-state index contributed by atoms with van der Waals surface area (Å²) >= 11 is 3.38. The Kier molecular flexibility index (Phi) is 6.94. The van der Waals surface area contributed by atoms with Crippen molar-refractivity contribution < 1.29 is 8.42 Å². The van der Waals surface area contributed by atoms with E-state index in [1.54, 1.807) is 12.1 Å². The normalized spacial score (nSPS) is 22.0. The van der Waals surface area contributed by atoms with Gasteiger partial charge in [0.1, 0.15) is 0 Å². The molecular weight excluding hydrogens is 400 g/mol. The van der Waals surface area contributed by atoms with E-state index in [0.29, 0.717) is 4.90 Å². The van der Waals surface area contributed by atoms with Crippen molar-refractivity contribution in [3.8, 4) is 0 Å². The minimum absolute atomic E-state index is 0.104. The Hall–Kier alpha value is -0.430. The molecule has 2 aliphatic heterocycles. The number of likely N-dealkylation sites (tertiary alicyclic amines) is 2. The fourth-order valence-electron chi connectivity index (χ4n) is 3.99. The lowest BCUT2D eigenvalue weighted by Crippen LogP contribution is -2.50. The quantitative estimate of drug-likeness (QED) is 0.694. The van der Waals surface area contributed by atoms with Crippen molar-refractivity contribution in [3.63, 3.8) is 0 Å². The molecule has 0 saturated carbocycles. The van der Waals surface area contributed by atoms with Crippen LogP contribution in [0, 0.1) is 0 Å². The predicted octanol–water partition coefficient (Wildman–Crippen LogP) is 3.56. The maximum Gasteiger partial charge on any atom is 0.179 e. The van der Waals surface area contributed by atoms with Crippen LogP contribution in [0.25, 0.3) is 0 Å². The van der Waals surface area contributed by atoms with E-state index in [-0.39, 0.29) is 11.8 Å². The molecule has 6 heteroatoms. The molecule has 2 saturated heterocycles. The molecule has 0 spiro atoms. The van der Waals surface area contributed by atoms with Gasteiger partial charge in [-0.25, -0.2) is 8.42 Å². The summed E-state index contributed by atoms with van der Waals surface area (Å²) in [4.78, 5) is 5.34. The largest absolute Gasteiger partial charge is 0.302 e. The number of rotatable bonds is 6. The lowest BCUT2D eigenvalue weighted by atomic mass is 10.1. The molecule has 140 valence electrons. The van der Waals surface area contributed by atoms with E-state index in [1.807, 2.05) is 12.1 Å². The first-order valence-corrected chi connectivity index (χ1v) is 11.9. The molecule has 0 bridgehead atoms. The Morgan fingerprint density at radius 2 is 1.44 bits per heavy atom. The van der Waals surface area contributed by atoms with Gasteiger partial charge >= 0.3 is 0 Å². The molecule has 2 heterocycles. The van der Waals surface area contributed by atoms with Gasteiger partial charge in [-0.3, -0.25) is 4.90 Å². The van der Waals surface area contributed by atoms with Gasteiger partial charge in [-0.05, 0) is 76.1 Å². The first-order valence-electron chi connectivity index (χ1n) is 9.49. The molecule has 1 aromatic carbocycles. The highest BCUT2D eigenvalue weighted by atomic mass is 79.9. The minimum atomic E-state index is -3.27. The molecule has 0 N–H and O–H groups in total. The van der Waals surface area contributed by atoms with Crippen LogP contribution in [-0.4, -0.2) is 62.7 Å². The number of hydrogen-bond acceptors (Lipinski definition) is 4. The van der Waals surface area contributed by atoms with E-state index < -0.39 is 9.84 Å². The fraction of sp³-hybridized carbons (Fsp3) is 0.684. The van der Waals surface area contributed by atoms with Gasteiger partial charge in [-0.1, -0.05) is 28.8 Å². The first-order chi connectivity index (χ1) is 12.0. The number of sulfone groups is 1. The lowest BCUT2D eigenvalue weighted by Gasteiger charge is -2.38. The second-order valence-electron chi connectivity index (χ2n) is 7.35. The molecule has 0 amide bonds. The van der Waals surface area contributed by atoms with Gasteiger partial charge in [0.15, 0.2) is 9.84 Å². The van der Waals surface area contributed by atoms with Crippen LogP contribution < -0.4 is 0 Å². The Balaban J connectivity index is 1.74. The van der Waals surface area contributed by atoms with Crippen molar-refractivity contribution in [2.45, 2.75) is 49.5 Å². The van der Waals surface area contributed by atoms with Crippen LogP contribution in [0.5, 0.6) is 0 Å². The van der Waals surface area contributed by atoms with Gasteiger partial charge in [-0.2, -0.15) is 0 Å². The summed E-state index contributed by atoms with van der Waals surface area (Å²) in [5, 5.41) is 0. The SMILES string of the molecule is O=S(=O)(CC(CN1CCCCC1)N1CCCCC1)c1ccc(Br)cc1. The zero-order valence-electron chi connectivity index (χ0n) is 14.9. The molecule has 1 unspecified atom stereocenters. The summed E-state index contributed by atoms with van der Waals surface area (Å²) in [6.45, 7) is 5.18. The average Bonchev–Trinajstić information content (AvgIpc) is 2.63. The molecule has 1 aromatic rings. The van der Waals surface area contributed by atoms with Crippen LogP contribution in [0.15, 0.2) is 33.6 Å². The topological polar surface area (TPSA) is 40.6 Å². The van der Waals surface area contributed by atoms with Gasteiger partial charge in [0.25, 0.3) is 0 Å². The van der Waals surface area contributed by atoms with Crippen molar-refractivity contribution in [1.29, 1.82) is 0 Å². The van der Waals surface area contributed by atoms with Crippen LogP contribution in [0.2, 0.25) is 0 Å². The van der Waals surface area contributed by atoms with E-state index in [1.165, 1.54) is 38.5 Å². The number of piperidine rings is 2. The van der Waals surface area contributed by atoms with Crippen molar-refractivity contribution in [3.05, 3.63) is 28.7 Å². The third-order valence-corrected chi connectivity index (χ3v) is 7.75.